The number of hydrogen-bond donors (Lipinski definition) is 0. The van der Waals surface area contributed by atoms with Crippen LogP contribution in [0.5, 0.6) is 5.75 Å². The highest BCUT2D eigenvalue weighted by Crippen LogP contribution is 2.24. The molecule has 0 saturated heterocycles. The first-order valence-corrected chi connectivity index (χ1v) is 7.49. The minimum absolute atomic E-state index is 0.0813. The number of hydrogen-bond acceptors (Lipinski definition) is 2. The monoisotopic (exact) mass is 275 g/mol. The SMILES string of the molecule is Cc1ccc(C)c(OC(C)C(=O)N(C)C2CCCC2)c1. The molecule has 0 bridgehead atoms. The Kier molecular flexibility index (Phi) is 4.69. The molecule has 0 spiro atoms. The molecule has 20 heavy (non-hydrogen) atoms. The summed E-state index contributed by atoms with van der Waals surface area (Å²) in [6.45, 7) is 5.88. The predicted molar refractivity (Wildman–Crippen MR) is 81.0 cm³/mol. The molecule has 1 aliphatic rings. The number of ether oxygens (including phenoxy) is 1. The van der Waals surface area contributed by atoms with Crippen molar-refractivity contribution in [1.82, 2.24) is 4.90 Å². The molecule has 1 atom stereocenters. The second-order valence-electron chi connectivity index (χ2n) is 5.92. The molecule has 3 nitrogen and oxygen atoms in total. The lowest BCUT2D eigenvalue weighted by Crippen LogP contribution is -2.42. The Balaban J connectivity index is 2.01. The van der Waals surface area contributed by atoms with E-state index in [1.807, 2.05) is 44.9 Å². The van der Waals surface area contributed by atoms with E-state index in [9.17, 15) is 4.79 Å². The Labute approximate surface area is 121 Å². The number of aryl methyl sites for hydroxylation is 2. The van der Waals surface area contributed by atoms with Crippen LogP contribution in [0.25, 0.3) is 0 Å². The summed E-state index contributed by atoms with van der Waals surface area (Å²) in [5.74, 6) is 0.892. The summed E-state index contributed by atoms with van der Waals surface area (Å²) >= 11 is 0. The van der Waals surface area contributed by atoms with E-state index in [0.29, 0.717) is 6.04 Å². The minimum Gasteiger partial charge on any atom is -0.481 e. The second kappa shape index (κ2) is 6.29. The van der Waals surface area contributed by atoms with Crippen molar-refractivity contribution in [3.63, 3.8) is 0 Å². The molecule has 1 unspecified atom stereocenters. The van der Waals surface area contributed by atoms with Gasteiger partial charge in [0.05, 0.1) is 0 Å². The first-order chi connectivity index (χ1) is 9.49. The first kappa shape index (κ1) is 14.9. The molecule has 0 N–H and O–H groups in total. The van der Waals surface area contributed by atoms with Crippen molar-refractivity contribution in [2.75, 3.05) is 7.05 Å². The zero-order valence-electron chi connectivity index (χ0n) is 13.0. The third-order valence-corrected chi connectivity index (χ3v) is 4.22. The molecule has 1 saturated carbocycles. The number of benzene rings is 1. The topological polar surface area (TPSA) is 29.5 Å². The Morgan fingerprint density at radius 3 is 2.60 bits per heavy atom. The van der Waals surface area contributed by atoms with E-state index in [-0.39, 0.29) is 5.91 Å². The van der Waals surface area contributed by atoms with Crippen LogP contribution in [0.2, 0.25) is 0 Å². The molecule has 0 aromatic heterocycles. The fourth-order valence-electron chi connectivity index (χ4n) is 2.83. The van der Waals surface area contributed by atoms with Crippen molar-refractivity contribution < 1.29 is 9.53 Å². The summed E-state index contributed by atoms with van der Waals surface area (Å²) in [5, 5.41) is 0. The summed E-state index contributed by atoms with van der Waals surface area (Å²) in [6.07, 6.45) is 4.28. The molecule has 0 aliphatic heterocycles. The van der Waals surface area contributed by atoms with E-state index in [1.54, 1.807) is 0 Å². The van der Waals surface area contributed by atoms with Gasteiger partial charge in [0, 0.05) is 13.1 Å². The number of carbonyl (C=O) groups excluding carboxylic acids is 1. The van der Waals surface area contributed by atoms with Crippen LogP contribution in [0.1, 0.15) is 43.7 Å². The lowest BCUT2D eigenvalue weighted by molar-refractivity contribution is -0.138. The maximum absolute atomic E-state index is 12.4. The van der Waals surface area contributed by atoms with E-state index < -0.39 is 6.10 Å². The van der Waals surface area contributed by atoms with Crippen LogP contribution in [-0.2, 0) is 4.79 Å². The second-order valence-corrected chi connectivity index (χ2v) is 5.92. The van der Waals surface area contributed by atoms with Crippen LogP contribution in [0.15, 0.2) is 18.2 Å². The Morgan fingerprint density at radius 2 is 1.95 bits per heavy atom. The average Bonchev–Trinajstić information content (AvgIpc) is 2.95. The van der Waals surface area contributed by atoms with Gasteiger partial charge >= 0.3 is 0 Å². The van der Waals surface area contributed by atoms with Crippen LogP contribution in [0.4, 0.5) is 0 Å². The van der Waals surface area contributed by atoms with Crippen molar-refractivity contribution in [3.8, 4) is 5.75 Å². The van der Waals surface area contributed by atoms with Crippen LogP contribution in [-0.4, -0.2) is 30.0 Å². The van der Waals surface area contributed by atoms with Crippen molar-refractivity contribution in [3.05, 3.63) is 29.3 Å². The van der Waals surface area contributed by atoms with Crippen LogP contribution in [0.3, 0.4) is 0 Å². The molecular formula is C17H25NO2. The lowest BCUT2D eigenvalue weighted by atomic mass is 10.1. The normalized spacial score (nSPS) is 17.0. The van der Waals surface area contributed by atoms with Gasteiger partial charge in [-0.2, -0.15) is 0 Å². The standard InChI is InChI=1S/C17H25NO2/c1-12-9-10-13(2)16(11-12)20-14(3)17(19)18(4)15-7-5-6-8-15/h9-11,14-15H,5-8H2,1-4H3. The molecule has 3 heteroatoms. The zero-order valence-corrected chi connectivity index (χ0v) is 13.0. The van der Waals surface area contributed by atoms with E-state index in [2.05, 4.69) is 6.07 Å². The number of carbonyl (C=O) groups is 1. The molecule has 0 heterocycles. The highest BCUT2D eigenvalue weighted by Gasteiger charge is 2.27. The fraction of sp³-hybridized carbons (Fsp3) is 0.588. The van der Waals surface area contributed by atoms with E-state index >= 15 is 0 Å². The van der Waals surface area contributed by atoms with Crippen molar-refractivity contribution >= 4 is 5.91 Å². The predicted octanol–water partition coefficient (Wildman–Crippen LogP) is 3.47. The highest BCUT2D eigenvalue weighted by molar-refractivity contribution is 5.81. The Bertz CT molecular complexity index is 478. The summed E-state index contributed by atoms with van der Waals surface area (Å²) in [7, 11) is 1.90. The van der Waals surface area contributed by atoms with Gasteiger partial charge in [-0.1, -0.05) is 25.0 Å². The van der Waals surface area contributed by atoms with E-state index in [4.69, 9.17) is 4.74 Å². The van der Waals surface area contributed by atoms with E-state index in [0.717, 1.165) is 29.7 Å². The van der Waals surface area contributed by atoms with Gasteiger partial charge in [-0.05, 0) is 50.8 Å². The van der Waals surface area contributed by atoms with Crippen molar-refractivity contribution in [1.29, 1.82) is 0 Å². The summed E-state index contributed by atoms with van der Waals surface area (Å²) in [5.41, 5.74) is 2.22. The van der Waals surface area contributed by atoms with Gasteiger partial charge in [-0.3, -0.25) is 4.79 Å². The third-order valence-electron chi connectivity index (χ3n) is 4.22. The first-order valence-electron chi connectivity index (χ1n) is 7.49. The summed E-state index contributed by atoms with van der Waals surface area (Å²) in [6, 6.07) is 6.48. The summed E-state index contributed by atoms with van der Waals surface area (Å²) in [4.78, 5) is 14.3. The van der Waals surface area contributed by atoms with Crippen molar-refractivity contribution in [2.45, 2.75) is 58.6 Å². The van der Waals surface area contributed by atoms with Gasteiger partial charge in [-0.15, -0.1) is 0 Å². The van der Waals surface area contributed by atoms with Crippen LogP contribution in [0, 0.1) is 13.8 Å². The van der Waals surface area contributed by atoms with Gasteiger partial charge < -0.3 is 9.64 Å². The van der Waals surface area contributed by atoms with Gasteiger partial charge in [-0.25, -0.2) is 0 Å². The molecule has 1 fully saturated rings. The zero-order chi connectivity index (χ0) is 14.7. The largest absolute Gasteiger partial charge is 0.481 e. The molecule has 1 aromatic carbocycles. The Hall–Kier alpha value is -1.51. The van der Waals surface area contributed by atoms with Gasteiger partial charge in [0.2, 0.25) is 0 Å². The number of amides is 1. The van der Waals surface area contributed by atoms with Gasteiger partial charge in [0.1, 0.15) is 5.75 Å². The molecule has 0 radical (unpaired) electrons. The number of rotatable bonds is 4. The maximum atomic E-state index is 12.4. The molecular weight excluding hydrogens is 250 g/mol. The lowest BCUT2D eigenvalue weighted by Gasteiger charge is -2.27. The summed E-state index contributed by atoms with van der Waals surface area (Å²) < 4.78 is 5.88. The third kappa shape index (κ3) is 3.33. The average molecular weight is 275 g/mol. The molecule has 1 amide bonds. The van der Waals surface area contributed by atoms with Crippen LogP contribution >= 0.6 is 0 Å². The minimum atomic E-state index is -0.430. The Morgan fingerprint density at radius 1 is 1.30 bits per heavy atom. The molecule has 2 rings (SSSR count). The molecule has 1 aromatic rings. The molecule has 1 aliphatic carbocycles. The molecule has 110 valence electrons. The number of nitrogens with zero attached hydrogens (tertiary/aromatic N) is 1. The van der Waals surface area contributed by atoms with Crippen molar-refractivity contribution in [2.24, 2.45) is 0 Å². The fourth-order valence-corrected chi connectivity index (χ4v) is 2.83. The van der Waals surface area contributed by atoms with Gasteiger partial charge in [0.25, 0.3) is 5.91 Å². The van der Waals surface area contributed by atoms with E-state index in [1.165, 1.54) is 12.8 Å². The highest BCUT2D eigenvalue weighted by atomic mass is 16.5. The number of likely N-dealkylation sites (N-methyl/N-ethyl adjacent to an activating group) is 1. The van der Waals surface area contributed by atoms with Crippen LogP contribution < -0.4 is 4.74 Å². The van der Waals surface area contributed by atoms with Gasteiger partial charge in [0.15, 0.2) is 6.10 Å². The maximum Gasteiger partial charge on any atom is 0.263 e. The quantitative estimate of drug-likeness (QED) is 0.842. The smallest absolute Gasteiger partial charge is 0.263 e.